The number of furan rings is 1. The third-order valence-electron chi connectivity index (χ3n) is 3.07. The molecule has 118 valence electrons. The molecule has 5 nitrogen and oxygen atoms in total. The Kier molecular flexibility index (Phi) is 5.05. The Labute approximate surface area is 146 Å². The van der Waals surface area contributed by atoms with Gasteiger partial charge in [0.25, 0.3) is 0 Å². The zero-order valence-electron chi connectivity index (χ0n) is 11.7. The molecule has 2 aromatic rings. The number of carbonyl (C=O) groups excluding carboxylic acids is 1. The second-order valence-corrected chi connectivity index (χ2v) is 6.74. The number of hydrogen-bond donors (Lipinski definition) is 1. The highest BCUT2D eigenvalue weighted by Crippen LogP contribution is 2.28. The molecule has 0 unspecified atom stereocenters. The molecule has 1 saturated heterocycles. The van der Waals surface area contributed by atoms with Gasteiger partial charge in [-0.1, -0.05) is 41.0 Å². The largest absolute Gasteiger partial charge is 0.463 e. The third-order valence-corrected chi connectivity index (χ3v) is 4.73. The molecule has 1 aromatic heterocycles. The maximum Gasteiger partial charge on any atom is 0.239 e. The lowest BCUT2D eigenvalue weighted by molar-refractivity contribution is -0.118. The first-order chi connectivity index (χ1) is 11.1. The number of nitrogens with zero attached hydrogens (tertiary/aromatic N) is 2. The summed E-state index contributed by atoms with van der Waals surface area (Å²) in [5.74, 6) is 0.473. The van der Waals surface area contributed by atoms with Gasteiger partial charge in [-0.25, -0.2) is 0 Å². The van der Waals surface area contributed by atoms with Crippen LogP contribution >= 0.6 is 35.0 Å². The molecule has 1 aliphatic heterocycles. The topological polar surface area (TPSA) is 67.0 Å². The van der Waals surface area contributed by atoms with Gasteiger partial charge in [-0.3, -0.25) is 4.79 Å². The highest BCUT2D eigenvalue weighted by atomic mass is 35.5. The van der Waals surface area contributed by atoms with Crippen molar-refractivity contribution in [1.82, 2.24) is 5.32 Å². The zero-order valence-corrected chi connectivity index (χ0v) is 14.0. The van der Waals surface area contributed by atoms with Crippen LogP contribution in [-0.2, 0) is 11.2 Å². The number of rotatable bonds is 4. The molecule has 1 aliphatic rings. The van der Waals surface area contributed by atoms with Crippen LogP contribution in [0.2, 0.25) is 10.0 Å². The summed E-state index contributed by atoms with van der Waals surface area (Å²) in [6, 6.07) is 8.76. The zero-order chi connectivity index (χ0) is 16.2. The van der Waals surface area contributed by atoms with Gasteiger partial charge in [0, 0.05) is 10.0 Å². The number of amidine groups is 1. The van der Waals surface area contributed by atoms with E-state index in [9.17, 15) is 4.79 Å². The highest BCUT2D eigenvalue weighted by molar-refractivity contribution is 8.15. The Hall–Kier alpha value is -1.76. The van der Waals surface area contributed by atoms with Gasteiger partial charge in [0.2, 0.25) is 5.91 Å². The van der Waals surface area contributed by atoms with Gasteiger partial charge < -0.3 is 9.73 Å². The van der Waals surface area contributed by atoms with Crippen molar-refractivity contribution in [1.29, 1.82) is 0 Å². The van der Waals surface area contributed by atoms with Crippen molar-refractivity contribution in [3.05, 3.63) is 58.0 Å². The van der Waals surface area contributed by atoms with Crippen molar-refractivity contribution < 1.29 is 9.21 Å². The van der Waals surface area contributed by atoms with E-state index in [2.05, 4.69) is 15.5 Å². The van der Waals surface area contributed by atoms with Crippen molar-refractivity contribution in [2.75, 3.05) is 0 Å². The number of carbonyl (C=O) groups is 1. The number of nitrogens with one attached hydrogen (secondary N) is 1. The van der Waals surface area contributed by atoms with Crippen LogP contribution in [-0.4, -0.2) is 22.5 Å². The van der Waals surface area contributed by atoms with Crippen molar-refractivity contribution >= 4 is 52.3 Å². The van der Waals surface area contributed by atoms with Gasteiger partial charge in [0.1, 0.15) is 5.76 Å². The lowest BCUT2D eigenvalue weighted by Gasteiger charge is -2.07. The van der Waals surface area contributed by atoms with Crippen LogP contribution in [0.1, 0.15) is 11.3 Å². The summed E-state index contributed by atoms with van der Waals surface area (Å²) in [5, 5.41) is 11.8. The molecule has 1 aromatic carbocycles. The molecule has 0 bridgehead atoms. The Bertz CT molecular complexity index is 775. The van der Waals surface area contributed by atoms with E-state index < -0.39 is 0 Å². The smallest absolute Gasteiger partial charge is 0.239 e. The summed E-state index contributed by atoms with van der Waals surface area (Å²) in [6.07, 6.45) is 3.52. The molecular weight excluding hydrogens is 357 g/mol. The number of hydrogen-bond acceptors (Lipinski definition) is 5. The molecular formula is C15H11Cl2N3O2S. The molecule has 1 atom stereocenters. The number of benzene rings is 1. The van der Waals surface area contributed by atoms with Gasteiger partial charge in [0.05, 0.1) is 17.7 Å². The van der Waals surface area contributed by atoms with E-state index in [0.717, 1.165) is 5.56 Å². The summed E-state index contributed by atoms with van der Waals surface area (Å²) in [5.41, 5.74) is 0.865. The fourth-order valence-corrected chi connectivity index (χ4v) is 3.41. The summed E-state index contributed by atoms with van der Waals surface area (Å²) in [7, 11) is 0. The fourth-order valence-electron chi connectivity index (χ4n) is 1.98. The molecule has 23 heavy (non-hydrogen) atoms. The maximum absolute atomic E-state index is 12.0. The lowest BCUT2D eigenvalue weighted by Crippen LogP contribution is -2.26. The Morgan fingerprint density at radius 1 is 1.35 bits per heavy atom. The quantitative estimate of drug-likeness (QED) is 0.660. The van der Waals surface area contributed by atoms with Gasteiger partial charge in [-0.05, 0) is 36.2 Å². The van der Waals surface area contributed by atoms with Crippen LogP contribution in [0.3, 0.4) is 0 Å². The second-order valence-electron chi connectivity index (χ2n) is 4.70. The van der Waals surface area contributed by atoms with Crippen LogP contribution in [0.25, 0.3) is 0 Å². The molecule has 0 radical (unpaired) electrons. The van der Waals surface area contributed by atoms with Gasteiger partial charge >= 0.3 is 0 Å². The monoisotopic (exact) mass is 367 g/mol. The molecule has 0 aliphatic carbocycles. The minimum Gasteiger partial charge on any atom is -0.463 e. The molecule has 1 amide bonds. The number of halogens is 2. The van der Waals surface area contributed by atoms with E-state index in [1.54, 1.807) is 30.5 Å². The normalized spacial score (nSPS) is 19.7. The number of amides is 1. The lowest BCUT2D eigenvalue weighted by atomic mass is 10.1. The first kappa shape index (κ1) is 16.1. The van der Waals surface area contributed by atoms with Crippen molar-refractivity contribution in [3.63, 3.8) is 0 Å². The average Bonchev–Trinajstić information content (AvgIpc) is 3.13. The highest BCUT2D eigenvalue weighted by Gasteiger charge is 2.30. The van der Waals surface area contributed by atoms with E-state index in [-0.39, 0.29) is 11.2 Å². The van der Waals surface area contributed by atoms with E-state index in [1.165, 1.54) is 18.0 Å². The second kappa shape index (κ2) is 7.21. The first-order valence-electron chi connectivity index (χ1n) is 6.68. The average molecular weight is 368 g/mol. The van der Waals surface area contributed by atoms with Crippen LogP contribution in [0.15, 0.2) is 51.2 Å². The number of thioether (sulfide) groups is 1. The van der Waals surface area contributed by atoms with E-state index in [0.29, 0.717) is 27.4 Å². The molecule has 0 spiro atoms. The van der Waals surface area contributed by atoms with Crippen LogP contribution in [0, 0.1) is 0 Å². The van der Waals surface area contributed by atoms with Crippen molar-refractivity contribution in [2.45, 2.75) is 11.7 Å². The minimum atomic E-state index is -0.300. The molecule has 1 fully saturated rings. The van der Waals surface area contributed by atoms with Crippen LogP contribution in [0.4, 0.5) is 0 Å². The summed E-state index contributed by atoms with van der Waals surface area (Å²) < 4.78 is 5.10. The standard InChI is InChI=1S/C15H11Cl2N3O2S/c16-10-4-3-9(12(17)7-10)6-13-14(21)19-15(23-13)20-18-8-11-2-1-5-22-11/h1-5,7-8,13H,6H2,(H,19,20,21)/b18-8-/t13-/m1/s1. The molecule has 3 rings (SSSR count). The summed E-state index contributed by atoms with van der Waals surface area (Å²) in [4.78, 5) is 12.0. The fraction of sp³-hybridized carbons (Fsp3) is 0.133. The minimum absolute atomic E-state index is 0.118. The molecule has 1 N–H and O–H groups in total. The van der Waals surface area contributed by atoms with Gasteiger partial charge in [-0.15, -0.1) is 5.10 Å². The van der Waals surface area contributed by atoms with Crippen molar-refractivity contribution in [2.24, 2.45) is 10.2 Å². The predicted octanol–water partition coefficient (Wildman–Crippen LogP) is 3.75. The SMILES string of the molecule is O=C1N/C(=N\N=C/c2ccco2)S[C@@H]1Cc1ccc(Cl)cc1Cl. The van der Waals surface area contributed by atoms with Crippen LogP contribution < -0.4 is 5.32 Å². The van der Waals surface area contributed by atoms with E-state index >= 15 is 0 Å². The van der Waals surface area contributed by atoms with Crippen molar-refractivity contribution in [3.8, 4) is 0 Å². The Morgan fingerprint density at radius 3 is 2.96 bits per heavy atom. The molecule has 2 heterocycles. The van der Waals surface area contributed by atoms with E-state index in [1.807, 2.05) is 6.07 Å². The van der Waals surface area contributed by atoms with Gasteiger partial charge in [-0.2, -0.15) is 5.10 Å². The molecule has 0 saturated carbocycles. The molecule has 8 heteroatoms. The Balaban J connectivity index is 1.65. The van der Waals surface area contributed by atoms with E-state index in [4.69, 9.17) is 27.6 Å². The maximum atomic E-state index is 12.0. The first-order valence-corrected chi connectivity index (χ1v) is 8.31. The summed E-state index contributed by atoms with van der Waals surface area (Å²) >= 11 is 13.3. The van der Waals surface area contributed by atoms with Crippen LogP contribution in [0.5, 0.6) is 0 Å². The summed E-state index contributed by atoms with van der Waals surface area (Å²) in [6.45, 7) is 0. The Morgan fingerprint density at radius 2 is 2.22 bits per heavy atom. The van der Waals surface area contributed by atoms with Gasteiger partial charge in [0.15, 0.2) is 5.17 Å². The third kappa shape index (κ3) is 4.16. The predicted molar refractivity (Wildman–Crippen MR) is 93.4 cm³/mol.